The van der Waals surface area contributed by atoms with Crippen LogP contribution in [0.4, 0.5) is 0 Å². The molecule has 0 N–H and O–H groups in total. The predicted molar refractivity (Wildman–Crippen MR) is 63.4 cm³/mol. The molecular weight excluding hydrogens is 240 g/mol. The Morgan fingerprint density at radius 2 is 1.93 bits per heavy atom. The van der Waals surface area contributed by atoms with Gasteiger partial charge in [-0.2, -0.15) is 0 Å². The maximum Gasteiger partial charge on any atom is 0.0796 e. The number of unbranched alkanes of at least 4 members (excludes halogenated alkanes) is 1. The van der Waals surface area contributed by atoms with Crippen molar-refractivity contribution in [2.75, 3.05) is 6.61 Å². The molecule has 0 spiro atoms. The maximum absolute atomic E-state index is 5.69. The van der Waals surface area contributed by atoms with Crippen LogP contribution in [0, 0.1) is 0 Å². The van der Waals surface area contributed by atoms with E-state index in [0.717, 1.165) is 17.5 Å². The molecule has 2 heteroatoms. The molecule has 1 rings (SSSR count). The molecule has 0 aliphatic rings. The van der Waals surface area contributed by atoms with Gasteiger partial charge >= 0.3 is 0 Å². The summed E-state index contributed by atoms with van der Waals surface area (Å²) in [6.07, 6.45) is 2.53. The van der Waals surface area contributed by atoms with Gasteiger partial charge in [-0.15, -0.1) is 0 Å². The van der Waals surface area contributed by atoms with Gasteiger partial charge in [0.05, 0.1) is 6.10 Å². The minimum Gasteiger partial charge on any atom is -0.374 e. The van der Waals surface area contributed by atoms with Crippen molar-refractivity contribution >= 4 is 15.9 Å². The Morgan fingerprint density at radius 3 is 2.50 bits per heavy atom. The Bertz CT molecular complexity index is 256. The van der Waals surface area contributed by atoms with Crippen molar-refractivity contribution in [3.63, 3.8) is 0 Å². The van der Waals surface area contributed by atoms with Crippen molar-refractivity contribution in [3.8, 4) is 0 Å². The average molecular weight is 257 g/mol. The second-order valence-corrected chi connectivity index (χ2v) is 4.33. The number of rotatable bonds is 5. The molecular formula is C12H17BrO. The summed E-state index contributed by atoms with van der Waals surface area (Å²) in [7, 11) is 0. The molecule has 0 radical (unpaired) electrons. The highest BCUT2D eigenvalue weighted by Gasteiger charge is 2.04. The van der Waals surface area contributed by atoms with Crippen molar-refractivity contribution in [2.45, 2.75) is 32.8 Å². The van der Waals surface area contributed by atoms with Crippen molar-refractivity contribution < 1.29 is 4.74 Å². The Balaban J connectivity index is 2.43. The Kier molecular flexibility index (Phi) is 5.20. The maximum atomic E-state index is 5.69. The molecule has 1 nitrogen and oxygen atoms in total. The van der Waals surface area contributed by atoms with Gasteiger partial charge in [-0.1, -0.05) is 41.4 Å². The molecule has 0 saturated carbocycles. The third-order valence-electron chi connectivity index (χ3n) is 2.21. The molecule has 0 unspecified atom stereocenters. The van der Waals surface area contributed by atoms with E-state index in [4.69, 9.17) is 4.74 Å². The zero-order valence-corrected chi connectivity index (χ0v) is 10.4. The standard InChI is InChI=1S/C12H17BrO/c1-3-4-9-14-10(2)11-5-7-12(13)8-6-11/h5-8,10H,3-4,9H2,1-2H3/t10-/m0/s1. The van der Waals surface area contributed by atoms with E-state index in [1.165, 1.54) is 12.0 Å². The van der Waals surface area contributed by atoms with Gasteiger partial charge < -0.3 is 4.74 Å². The summed E-state index contributed by atoms with van der Waals surface area (Å²) in [6, 6.07) is 8.30. The molecule has 78 valence electrons. The zero-order valence-electron chi connectivity index (χ0n) is 8.79. The number of halogens is 1. The smallest absolute Gasteiger partial charge is 0.0796 e. The first-order valence-electron chi connectivity index (χ1n) is 5.11. The molecule has 1 aromatic carbocycles. The molecule has 0 aliphatic heterocycles. The lowest BCUT2D eigenvalue weighted by molar-refractivity contribution is 0.0637. The summed E-state index contributed by atoms with van der Waals surface area (Å²) in [5.74, 6) is 0. The average Bonchev–Trinajstić information content (AvgIpc) is 2.19. The third-order valence-corrected chi connectivity index (χ3v) is 2.73. The van der Waals surface area contributed by atoms with Crippen LogP contribution in [0.3, 0.4) is 0 Å². The fraction of sp³-hybridized carbons (Fsp3) is 0.500. The van der Waals surface area contributed by atoms with Crippen LogP contribution in [0.1, 0.15) is 38.4 Å². The van der Waals surface area contributed by atoms with Gasteiger partial charge in [-0.05, 0) is 31.0 Å². The van der Waals surface area contributed by atoms with E-state index in [0.29, 0.717) is 0 Å². The van der Waals surface area contributed by atoms with E-state index >= 15 is 0 Å². The van der Waals surface area contributed by atoms with Crippen molar-refractivity contribution in [1.82, 2.24) is 0 Å². The molecule has 1 aromatic rings. The van der Waals surface area contributed by atoms with E-state index in [-0.39, 0.29) is 6.10 Å². The normalized spacial score (nSPS) is 12.8. The zero-order chi connectivity index (χ0) is 10.4. The fourth-order valence-electron chi connectivity index (χ4n) is 1.23. The molecule has 0 fully saturated rings. The molecule has 0 heterocycles. The summed E-state index contributed by atoms with van der Waals surface area (Å²) < 4.78 is 6.81. The summed E-state index contributed by atoms with van der Waals surface area (Å²) in [4.78, 5) is 0. The Hall–Kier alpha value is -0.340. The predicted octanol–water partition coefficient (Wildman–Crippen LogP) is 4.33. The Morgan fingerprint density at radius 1 is 1.29 bits per heavy atom. The van der Waals surface area contributed by atoms with Gasteiger partial charge in [0.1, 0.15) is 0 Å². The quantitative estimate of drug-likeness (QED) is 0.713. The molecule has 0 bridgehead atoms. The topological polar surface area (TPSA) is 9.23 Å². The van der Waals surface area contributed by atoms with E-state index in [1.807, 2.05) is 0 Å². The second kappa shape index (κ2) is 6.20. The number of benzene rings is 1. The van der Waals surface area contributed by atoms with Gasteiger partial charge in [0.2, 0.25) is 0 Å². The lowest BCUT2D eigenvalue weighted by atomic mass is 10.1. The van der Waals surface area contributed by atoms with E-state index < -0.39 is 0 Å². The van der Waals surface area contributed by atoms with Crippen molar-refractivity contribution in [1.29, 1.82) is 0 Å². The van der Waals surface area contributed by atoms with Crippen LogP contribution in [0.2, 0.25) is 0 Å². The molecule has 0 saturated heterocycles. The highest BCUT2D eigenvalue weighted by atomic mass is 79.9. The van der Waals surface area contributed by atoms with Gasteiger partial charge in [-0.25, -0.2) is 0 Å². The molecule has 0 aromatic heterocycles. The summed E-state index contributed by atoms with van der Waals surface area (Å²) >= 11 is 3.42. The highest BCUT2D eigenvalue weighted by molar-refractivity contribution is 9.10. The highest BCUT2D eigenvalue weighted by Crippen LogP contribution is 2.19. The van der Waals surface area contributed by atoms with Crippen molar-refractivity contribution in [3.05, 3.63) is 34.3 Å². The molecule has 0 amide bonds. The summed E-state index contributed by atoms with van der Waals surface area (Å²) in [6.45, 7) is 5.13. The lowest BCUT2D eigenvalue weighted by Crippen LogP contribution is -2.01. The van der Waals surface area contributed by atoms with Gasteiger partial charge in [-0.3, -0.25) is 0 Å². The van der Waals surface area contributed by atoms with Crippen LogP contribution in [-0.4, -0.2) is 6.61 Å². The van der Waals surface area contributed by atoms with E-state index in [9.17, 15) is 0 Å². The SMILES string of the molecule is CCCCO[C@@H](C)c1ccc(Br)cc1. The minimum absolute atomic E-state index is 0.203. The van der Waals surface area contributed by atoms with E-state index in [1.54, 1.807) is 0 Å². The molecule has 1 atom stereocenters. The molecule has 14 heavy (non-hydrogen) atoms. The van der Waals surface area contributed by atoms with Gasteiger partial charge in [0.25, 0.3) is 0 Å². The van der Waals surface area contributed by atoms with Crippen LogP contribution in [0.15, 0.2) is 28.7 Å². The van der Waals surface area contributed by atoms with Gasteiger partial charge in [0.15, 0.2) is 0 Å². The number of hydrogen-bond acceptors (Lipinski definition) is 1. The third kappa shape index (κ3) is 3.81. The first kappa shape index (κ1) is 11.7. The lowest BCUT2D eigenvalue weighted by Gasteiger charge is -2.12. The second-order valence-electron chi connectivity index (χ2n) is 3.42. The summed E-state index contributed by atoms with van der Waals surface area (Å²) in [5, 5.41) is 0. The first-order valence-corrected chi connectivity index (χ1v) is 5.90. The van der Waals surface area contributed by atoms with Crippen LogP contribution >= 0.6 is 15.9 Å². The number of ether oxygens (including phenoxy) is 1. The minimum atomic E-state index is 0.203. The largest absolute Gasteiger partial charge is 0.374 e. The Labute approximate surface area is 94.6 Å². The number of hydrogen-bond donors (Lipinski definition) is 0. The monoisotopic (exact) mass is 256 g/mol. The van der Waals surface area contributed by atoms with E-state index in [2.05, 4.69) is 54.0 Å². The fourth-order valence-corrected chi connectivity index (χ4v) is 1.50. The summed E-state index contributed by atoms with van der Waals surface area (Å²) in [5.41, 5.74) is 1.24. The van der Waals surface area contributed by atoms with Gasteiger partial charge in [0, 0.05) is 11.1 Å². The van der Waals surface area contributed by atoms with Crippen LogP contribution in [0.5, 0.6) is 0 Å². The van der Waals surface area contributed by atoms with Crippen LogP contribution < -0.4 is 0 Å². The molecule has 0 aliphatic carbocycles. The van der Waals surface area contributed by atoms with Crippen LogP contribution in [0.25, 0.3) is 0 Å². The van der Waals surface area contributed by atoms with Crippen molar-refractivity contribution in [2.24, 2.45) is 0 Å². The van der Waals surface area contributed by atoms with Crippen LogP contribution in [-0.2, 0) is 4.74 Å². The first-order chi connectivity index (χ1) is 6.74.